The number of nitrogens with zero attached hydrogens (tertiary/aromatic N) is 1. The first-order valence-electron chi connectivity index (χ1n) is 3.32. The number of nitrogens with one attached hydrogen (secondary N) is 1. The second-order valence-corrected chi connectivity index (χ2v) is 3.81. The van der Waals surface area contributed by atoms with Crippen molar-refractivity contribution in [3.05, 3.63) is 24.3 Å². The summed E-state index contributed by atoms with van der Waals surface area (Å²) in [5.74, 6) is 0. The number of sulfonamides is 1. The SMILES string of the molecule is N#CNc1ccccc1S(N)(=O)=O. The average molecular weight is 197 g/mol. The molecule has 1 aromatic carbocycles. The van der Waals surface area contributed by atoms with Crippen LogP contribution in [0.5, 0.6) is 0 Å². The van der Waals surface area contributed by atoms with E-state index in [0.717, 1.165) is 0 Å². The predicted octanol–water partition coefficient (Wildman–Crippen LogP) is 0.227. The Bertz CT molecular complexity index is 447. The van der Waals surface area contributed by atoms with E-state index in [9.17, 15) is 8.42 Å². The number of hydrogen-bond acceptors (Lipinski definition) is 4. The molecule has 0 heterocycles. The summed E-state index contributed by atoms with van der Waals surface area (Å²) in [6.07, 6.45) is 1.63. The Hall–Kier alpha value is -1.58. The number of para-hydroxylation sites is 1. The summed E-state index contributed by atoms with van der Waals surface area (Å²) in [6.45, 7) is 0. The van der Waals surface area contributed by atoms with Gasteiger partial charge in [-0.2, -0.15) is 5.26 Å². The number of hydrogen-bond donors (Lipinski definition) is 2. The van der Waals surface area contributed by atoms with E-state index in [0.29, 0.717) is 0 Å². The highest BCUT2D eigenvalue weighted by atomic mass is 32.2. The zero-order chi connectivity index (χ0) is 9.90. The number of benzene rings is 1. The van der Waals surface area contributed by atoms with Crippen molar-refractivity contribution in [2.75, 3.05) is 5.32 Å². The first-order chi connectivity index (χ1) is 6.05. The van der Waals surface area contributed by atoms with Gasteiger partial charge in [0.2, 0.25) is 10.0 Å². The Labute approximate surface area is 75.8 Å². The normalized spacial score (nSPS) is 10.5. The fourth-order valence-corrected chi connectivity index (χ4v) is 1.57. The molecule has 0 aliphatic carbocycles. The molecule has 0 bridgehead atoms. The number of rotatable bonds is 2. The largest absolute Gasteiger partial charge is 0.291 e. The lowest BCUT2D eigenvalue weighted by Gasteiger charge is -2.03. The fourth-order valence-electron chi connectivity index (χ4n) is 0.878. The average Bonchev–Trinajstić information content (AvgIpc) is 2.04. The van der Waals surface area contributed by atoms with Crippen molar-refractivity contribution in [1.82, 2.24) is 0 Å². The fraction of sp³-hybridized carbons (Fsp3) is 0. The summed E-state index contributed by atoms with van der Waals surface area (Å²) in [4.78, 5) is -0.0865. The highest BCUT2D eigenvalue weighted by molar-refractivity contribution is 7.89. The van der Waals surface area contributed by atoms with Crippen LogP contribution in [0, 0.1) is 11.5 Å². The summed E-state index contributed by atoms with van der Waals surface area (Å²) in [7, 11) is -3.77. The van der Waals surface area contributed by atoms with E-state index < -0.39 is 10.0 Å². The minimum absolute atomic E-state index is 0.0865. The minimum Gasteiger partial charge on any atom is -0.291 e. The molecule has 0 aromatic heterocycles. The van der Waals surface area contributed by atoms with Crippen LogP contribution < -0.4 is 10.5 Å². The molecular formula is C7H7N3O2S. The van der Waals surface area contributed by atoms with Gasteiger partial charge in [0, 0.05) is 0 Å². The van der Waals surface area contributed by atoms with Gasteiger partial charge >= 0.3 is 0 Å². The summed E-state index contributed by atoms with van der Waals surface area (Å²) in [5.41, 5.74) is 0.188. The van der Waals surface area contributed by atoms with Gasteiger partial charge in [0.1, 0.15) is 4.90 Å². The van der Waals surface area contributed by atoms with Crippen molar-refractivity contribution in [3.63, 3.8) is 0 Å². The molecule has 13 heavy (non-hydrogen) atoms. The zero-order valence-electron chi connectivity index (χ0n) is 6.56. The Kier molecular flexibility index (Phi) is 2.51. The summed E-state index contributed by atoms with van der Waals surface area (Å²) < 4.78 is 21.9. The van der Waals surface area contributed by atoms with Crippen LogP contribution in [0.25, 0.3) is 0 Å². The van der Waals surface area contributed by atoms with Gasteiger partial charge in [-0.15, -0.1) is 0 Å². The minimum atomic E-state index is -3.77. The topological polar surface area (TPSA) is 96.0 Å². The Morgan fingerprint density at radius 1 is 1.38 bits per heavy atom. The van der Waals surface area contributed by atoms with Crippen LogP contribution in [0.2, 0.25) is 0 Å². The Morgan fingerprint density at radius 2 is 2.00 bits per heavy atom. The lowest BCUT2D eigenvalue weighted by molar-refractivity contribution is 0.598. The smallest absolute Gasteiger partial charge is 0.240 e. The molecule has 0 atom stereocenters. The standard InChI is InChI=1S/C7H7N3O2S/c8-5-10-6-3-1-2-4-7(6)13(9,11)12/h1-4,10H,(H2,9,11,12). The van der Waals surface area contributed by atoms with E-state index in [1.807, 2.05) is 0 Å². The van der Waals surface area contributed by atoms with E-state index >= 15 is 0 Å². The summed E-state index contributed by atoms with van der Waals surface area (Å²) in [5, 5.41) is 15.5. The highest BCUT2D eigenvalue weighted by Crippen LogP contribution is 2.18. The van der Waals surface area contributed by atoms with Crippen LogP contribution in [0.3, 0.4) is 0 Å². The van der Waals surface area contributed by atoms with E-state index in [4.69, 9.17) is 10.4 Å². The number of nitrogens with two attached hydrogens (primary N) is 1. The van der Waals surface area contributed by atoms with Crippen LogP contribution in [0.15, 0.2) is 29.2 Å². The summed E-state index contributed by atoms with van der Waals surface area (Å²) in [6, 6.07) is 5.93. The molecule has 3 N–H and O–H groups in total. The van der Waals surface area contributed by atoms with Crippen molar-refractivity contribution in [3.8, 4) is 6.19 Å². The quantitative estimate of drug-likeness (QED) is 0.523. The molecule has 0 unspecified atom stereocenters. The maximum absolute atomic E-state index is 11.0. The van der Waals surface area contributed by atoms with Crippen molar-refractivity contribution in [2.24, 2.45) is 5.14 Å². The lowest BCUT2D eigenvalue weighted by Crippen LogP contribution is -2.13. The molecule has 0 aliphatic rings. The van der Waals surface area contributed by atoms with Crippen LogP contribution in [0.1, 0.15) is 0 Å². The van der Waals surface area contributed by atoms with Gasteiger partial charge in [-0.05, 0) is 12.1 Å². The van der Waals surface area contributed by atoms with Gasteiger partial charge in [0.05, 0.1) is 5.69 Å². The third-order valence-electron chi connectivity index (χ3n) is 1.38. The van der Waals surface area contributed by atoms with Gasteiger partial charge in [-0.25, -0.2) is 13.6 Å². The highest BCUT2D eigenvalue weighted by Gasteiger charge is 2.11. The Morgan fingerprint density at radius 3 is 2.54 bits per heavy atom. The van der Waals surface area contributed by atoms with Crippen molar-refractivity contribution in [1.29, 1.82) is 5.26 Å². The third kappa shape index (κ3) is 2.18. The molecule has 1 rings (SSSR count). The molecular weight excluding hydrogens is 190 g/mol. The molecule has 0 amide bonds. The maximum Gasteiger partial charge on any atom is 0.240 e. The number of nitriles is 1. The van der Waals surface area contributed by atoms with Gasteiger partial charge in [0.15, 0.2) is 6.19 Å². The lowest BCUT2D eigenvalue weighted by atomic mass is 10.3. The second-order valence-electron chi connectivity index (χ2n) is 2.28. The van der Waals surface area contributed by atoms with Crippen LogP contribution in [-0.2, 0) is 10.0 Å². The molecule has 0 radical (unpaired) electrons. The predicted molar refractivity (Wildman–Crippen MR) is 47.1 cm³/mol. The molecule has 5 nitrogen and oxygen atoms in total. The van der Waals surface area contributed by atoms with Crippen LogP contribution >= 0.6 is 0 Å². The zero-order valence-corrected chi connectivity index (χ0v) is 7.38. The van der Waals surface area contributed by atoms with Gasteiger partial charge in [-0.1, -0.05) is 12.1 Å². The molecule has 0 fully saturated rings. The number of anilines is 1. The van der Waals surface area contributed by atoms with E-state index in [2.05, 4.69) is 5.32 Å². The molecule has 0 aliphatic heterocycles. The van der Waals surface area contributed by atoms with Gasteiger partial charge in [0.25, 0.3) is 0 Å². The number of primary sulfonamides is 1. The van der Waals surface area contributed by atoms with E-state index in [-0.39, 0.29) is 10.6 Å². The van der Waals surface area contributed by atoms with Crippen molar-refractivity contribution < 1.29 is 8.42 Å². The van der Waals surface area contributed by atoms with Crippen molar-refractivity contribution in [2.45, 2.75) is 4.90 Å². The van der Waals surface area contributed by atoms with Gasteiger partial charge < -0.3 is 0 Å². The summed E-state index contributed by atoms with van der Waals surface area (Å²) >= 11 is 0. The van der Waals surface area contributed by atoms with Crippen LogP contribution in [-0.4, -0.2) is 8.42 Å². The maximum atomic E-state index is 11.0. The molecule has 0 spiro atoms. The van der Waals surface area contributed by atoms with Crippen molar-refractivity contribution >= 4 is 15.7 Å². The monoisotopic (exact) mass is 197 g/mol. The first kappa shape index (κ1) is 9.51. The van der Waals surface area contributed by atoms with Gasteiger partial charge in [-0.3, -0.25) is 5.32 Å². The molecule has 6 heteroatoms. The van der Waals surface area contributed by atoms with Crippen LogP contribution in [0.4, 0.5) is 5.69 Å². The first-order valence-corrected chi connectivity index (χ1v) is 4.87. The molecule has 1 aromatic rings. The van der Waals surface area contributed by atoms with E-state index in [1.165, 1.54) is 18.2 Å². The molecule has 68 valence electrons. The van der Waals surface area contributed by atoms with E-state index in [1.54, 1.807) is 12.3 Å². The third-order valence-corrected chi connectivity index (χ3v) is 2.35. The molecule has 0 saturated heterocycles. The Balaban J connectivity index is 3.30. The molecule has 0 saturated carbocycles. The second kappa shape index (κ2) is 3.43.